The molecule has 0 aliphatic carbocycles. The van der Waals surface area contributed by atoms with Crippen molar-refractivity contribution in [3.8, 4) is 0 Å². The van der Waals surface area contributed by atoms with Crippen molar-refractivity contribution in [1.29, 1.82) is 0 Å². The first-order valence-electron chi connectivity index (χ1n) is 5.54. The van der Waals surface area contributed by atoms with Crippen molar-refractivity contribution in [2.24, 2.45) is 5.73 Å². The highest BCUT2D eigenvalue weighted by Gasteiger charge is 2.31. The number of halogens is 3. The molecular weight excluding hydrogens is 263 g/mol. The first-order valence-corrected chi connectivity index (χ1v) is 5.54. The Labute approximate surface area is 108 Å². The zero-order valence-corrected chi connectivity index (χ0v) is 10.1. The Balaban J connectivity index is 2.83. The van der Waals surface area contributed by atoms with Gasteiger partial charge < -0.3 is 15.6 Å². The number of hydrogen-bond donors (Lipinski definition) is 2. The number of ether oxygens (including phenoxy) is 1. The molecule has 2 atom stereocenters. The maximum absolute atomic E-state index is 12.3. The van der Waals surface area contributed by atoms with E-state index in [-0.39, 0.29) is 12.2 Å². The number of aliphatic hydroxyl groups excluding tert-OH is 1. The van der Waals surface area contributed by atoms with Gasteiger partial charge in [-0.25, -0.2) is 0 Å². The van der Waals surface area contributed by atoms with Gasteiger partial charge in [0.1, 0.15) is 12.1 Å². The van der Waals surface area contributed by atoms with Crippen LogP contribution >= 0.6 is 0 Å². The van der Waals surface area contributed by atoms with E-state index in [0.29, 0.717) is 0 Å². The van der Waals surface area contributed by atoms with E-state index in [1.165, 1.54) is 0 Å². The Hall–Kier alpha value is -1.60. The molecule has 0 amide bonds. The van der Waals surface area contributed by atoms with Gasteiger partial charge in [-0.15, -0.1) is 0 Å². The van der Waals surface area contributed by atoms with Crippen LogP contribution in [-0.4, -0.2) is 23.7 Å². The molecule has 0 fully saturated rings. The molecule has 1 aromatic rings. The second-order valence-electron chi connectivity index (χ2n) is 3.84. The van der Waals surface area contributed by atoms with Gasteiger partial charge >= 0.3 is 12.1 Å². The zero-order valence-electron chi connectivity index (χ0n) is 10.1. The van der Waals surface area contributed by atoms with Crippen molar-refractivity contribution in [2.75, 3.05) is 6.61 Å². The smallest absolute Gasteiger partial charge is 0.416 e. The molecule has 3 N–H and O–H groups in total. The highest BCUT2D eigenvalue weighted by Crippen LogP contribution is 2.30. The lowest BCUT2D eigenvalue weighted by Crippen LogP contribution is -2.38. The summed E-state index contributed by atoms with van der Waals surface area (Å²) in [5, 5.41) is 9.77. The maximum atomic E-state index is 12.3. The summed E-state index contributed by atoms with van der Waals surface area (Å²) in [7, 11) is 0. The Bertz CT molecular complexity index is 431. The fraction of sp³-hybridized carbons (Fsp3) is 0.417. The quantitative estimate of drug-likeness (QED) is 0.820. The van der Waals surface area contributed by atoms with Crippen LogP contribution in [0.25, 0.3) is 0 Å². The molecule has 0 saturated carbocycles. The molecule has 1 rings (SSSR count). The molecule has 0 saturated heterocycles. The first-order chi connectivity index (χ1) is 8.77. The maximum Gasteiger partial charge on any atom is 0.416 e. The van der Waals surface area contributed by atoms with E-state index < -0.39 is 29.9 Å². The number of nitrogens with two attached hydrogens (primary N) is 1. The normalized spacial score (nSPS) is 14.8. The second-order valence-corrected chi connectivity index (χ2v) is 3.84. The molecule has 0 aliphatic heterocycles. The van der Waals surface area contributed by atoms with Crippen molar-refractivity contribution in [3.63, 3.8) is 0 Å². The fourth-order valence-electron chi connectivity index (χ4n) is 1.44. The topological polar surface area (TPSA) is 72.5 Å². The molecule has 1 unspecified atom stereocenters. The summed E-state index contributed by atoms with van der Waals surface area (Å²) >= 11 is 0. The predicted molar refractivity (Wildman–Crippen MR) is 61.0 cm³/mol. The summed E-state index contributed by atoms with van der Waals surface area (Å²) in [6.07, 6.45) is -5.87. The summed E-state index contributed by atoms with van der Waals surface area (Å²) in [6.45, 7) is 1.68. The van der Waals surface area contributed by atoms with E-state index in [9.17, 15) is 23.1 Å². The van der Waals surface area contributed by atoms with Crippen LogP contribution in [-0.2, 0) is 15.7 Å². The summed E-state index contributed by atoms with van der Waals surface area (Å²) in [5.74, 6) is -0.810. The third kappa shape index (κ3) is 3.93. The van der Waals surface area contributed by atoms with Gasteiger partial charge in [-0.05, 0) is 24.6 Å². The van der Waals surface area contributed by atoms with Gasteiger partial charge in [-0.1, -0.05) is 12.1 Å². The minimum atomic E-state index is -4.45. The van der Waals surface area contributed by atoms with E-state index in [2.05, 4.69) is 4.74 Å². The Kier molecular flexibility index (Phi) is 4.90. The van der Waals surface area contributed by atoms with E-state index in [1.807, 2.05) is 0 Å². The minimum Gasteiger partial charge on any atom is -0.465 e. The number of carbonyl (C=O) groups excluding carboxylic acids is 1. The molecule has 19 heavy (non-hydrogen) atoms. The van der Waals surface area contributed by atoms with Crippen LogP contribution in [0.1, 0.15) is 24.2 Å². The Morgan fingerprint density at radius 3 is 2.32 bits per heavy atom. The van der Waals surface area contributed by atoms with Crippen LogP contribution in [0.15, 0.2) is 24.3 Å². The van der Waals surface area contributed by atoms with Crippen LogP contribution in [0.5, 0.6) is 0 Å². The summed E-state index contributed by atoms with van der Waals surface area (Å²) in [5.41, 5.74) is 4.74. The average molecular weight is 277 g/mol. The van der Waals surface area contributed by atoms with Gasteiger partial charge in [0.05, 0.1) is 12.2 Å². The molecule has 4 nitrogen and oxygen atoms in total. The van der Waals surface area contributed by atoms with E-state index in [1.54, 1.807) is 6.92 Å². The molecule has 0 aromatic heterocycles. The van der Waals surface area contributed by atoms with Gasteiger partial charge in [0.25, 0.3) is 0 Å². The minimum absolute atomic E-state index is 0.103. The molecule has 0 bridgehead atoms. The van der Waals surface area contributed by atoms with Crippen molar-refractivity contribution >= 4 is 5.97 Å². The Morgan fingerprint density at radius 1 is 1.37 bits per heavy atom. The SMILES string of the molecule is CCOC(=O)[C@@H](N)C(O)c1ccc(C(F)(F)F)cc1. The van der Waals surface area contributed by atoms with Crippen molar-refractivity contribution in [3.05, 3.63) is 35.4 Å². The summed E-state index contributed by atoms with van der Waals surface area (Å²) in [4.78, 5) is 11.3. The number of aliphatic hydroxyl groups is 1. The van der Waals surface area contributed by atoms with Crippen molar-refractivity contribution in [2.45, 2.75) is 25.2 Å². The third-order valence-corrected chi connectivity index (χ3v) is 2.48. The summed E-state index contributed by atoms with van der Waals surface area (Å²) < 4.78 is 41.7. The summed E-state index contributed by atoms with van der Waals surface area (Å²) in [6, 6.07) is 2.45. The standard InChI is InChI=1S/C12H14F3NO3/c1-2-19-11(18)9(16)10(17)7-3-5-8(6-4-7)12(13,14)15/h3-6,9-10,17H,2,16H2,1H3/t9-,10?/m0/s1. The van der Waals surface area contributed by atoms with Gasteiger partial charge in [0.2, 0.25) is 0 Å². The van der Waals surface area contributed by atoms with Crippen LogP contribution < -0.4 is 5.73 Å². The molecule has 0 aliphatic rings. The van der Waals surface area contributed by atoms with Crippen molar-refractivity contribution in [1.82, 2.24) is 0 Å². The molecule has 7 heteroatoms. The molecule has 0 radical (unpaired) electrons. The Morgan fingerprint density at radius 2 is 1.89 bits per heavy atom. The number of esters is 1. The first kappa shape index (κ1) is 15.5. The fourth-order valence-corrected chi connectivity index (χ4v) is 1.44. The molecule has 0 heterocycles. The largest absolute Gasteiger partial charge is 0.465 e. The molecular formula is C12H14F3NO3. The van der Waals surface area contributed by atoms with E-state index >= 15 is 0 Å². The molecule has 106 valence electrons. The average Bonchev–Trinajstić information content (AvgIpc) is 2.36. The lowest BCUT2D eigenvalue weighted by Gasteiger charge is -2.18. The molecule has 1 aromatic carbocycles. The third-order valence-electron chi connectivity index (χ3n) is 2.48. The highest BCUT2D eigenvalue weighted by atomic mass is 19.4. The number of carbonyl (C=O) groups is 1. The monoisotopic (exact) mass is 277 g/mol. The van der Waals surface area contributed by atoms with Crippen molar-refractivity contribution < 1.29 is 27.8 Å². The number of hydrogen-bond acceptors (Lipinski definition) is 4. The number of alkyl halides is 3. The van der Waals surface area contributed by atoms with Gasteiger partial charge in [-0.3, -0.25) is 4.79 Å². The second kappa shape index (κ2) is 6.03. The van der Waals surface area contributed by atoms with Gasteiger partial charge in [0, 0.05) is 0 Å². The number of rotatable bonds is 4. The predicted octanol–water partition coefficient (Wildman–Crippen LogP) is 1.63. The highest BCUT2D eigenvalue weighted by molar-refractivity contribution is 5.76. The van der Waals surface area contributed by atoms with Crippen LogP contribution in [0.2, 0.25) is 0 Å². The van der Waals surface area contributed by atoms with Gasteiger partial charge in [0.15, 0.2) is 0 Å². The number of benzene rings is 1. The van der Waals surface area contributed by atoms with Crippen LogP contribution in [0.3, 0.4) is 0 Å². The van der Waals surface area contributed by atoms with Crippen LogP contribution in [0, 0.1) is 0 Å². The van der Waals surface area contributed by atoms with E-state index in [4.69, 9.17) is 5.73 Å². The zero-order chi connectivity index (χ0) is 14.6. The molecule has 0 spiro atoms. The van der Waals surface area contributed by atoms with Gasteiger partial charge in [-0.2, -0.15) is 13.2 Å². The van der Waals surface area contributed by atoms with Crippen LogP contribution in [0.4, 0.5) is 13.2 Å². The van der Waals surface area contributed by atoms with E-state index in [0.717, 1.165) is 24.3 Å². The lowest BCUT2D eigenvalue weighted by molar-refractivity contribution is -0.147. The lowest BCUT2D eigenvalue weighted by atomic mass is 10.0.